The highest BCUT2D eigenvalue weighted by Gasteiger charge is 2.39. The van der Waals surface area contributed by atoms with Crippen LogP contribution in [-0.2, 0) is 16.0 Å². The summed E-state index contributed by atoms with van der Waals surface area (Å²) in [7, 11) is -1.32. The highest BCUT2D eigenvalue weighted by molar-refractivity contribution is 6.60. The summed E-state index contributed by atoms with van der Waals surface area (Å²) in [6.07, 6.45) is 2.22. The van der Waals surface area contributed by atoms with Gasteiger partial charge in [0.05, 0.1) is 23.1 Å². The molecule has 8 heteroatoms. The third-order valence-corrected chi connectivity index (χ3v) is 4.38. The largest absolute Gasteiger partial charge is 0.493 e. The van der Waals surface area contributed by atoms with Gasteiger partial charge in [-0.1, -0.05) is 30.3 Å². The van der Waals surface area contributed by atoms with Crippen molar-refractivity contribution >= 4 is 24.4 Å². The second-order valence-corrected chi connectivity index (χ2v) is 7.23. The van der Waals surface area contributed by atoms with Gasteiger partial charge in [-0.05, 0) is 39.3 Å². The maximum absolute atomic E-state index is 11.9. The van der Waals surface area contributed by atoms with Crippen molar-refractivity contribution in [1.29, 1.82) is 0 Å². The monoisotopic (exact) mass is 372 g/mol. The quantitative estimate of drug-likeness (QED) is 0.644. The maximum Gasteiger partial charge on any atom is 0.493 e. The predicted molar refractivity (Wildman–Crippen MR) is 104 cm³/mol. The van der Waals surface area contributed by atoms with Crippen molar-refractivity contribution in [3.05, 3.63) is 54.4 Å². The van der Waals surface area contributed by atoms with E-state index in [-0.39, 0.29) is 6.61 Å². The Morgan fingerprint density at radius 1 is 1.19 bits per heavy atom. The summed E-state index contributed by atoms with van der Waals surface area (Å²) >= 11 is 0. The van der Waals surface area contributed by atoms with E-state index in [1.54, 1.807) is 27.7 Å². The number of anilines is 1. The lowest BCUT2D eigenvalue weighted by Gasteiger charge is -2.38. The fourth-order valence-electron chi connectivity index (χ4n) is 2.03. The Morgan fingerprint density at radius 2 is 1.85 bits per heavy atom. The first-order valence-electron chi connectivity index (χ1n) is 8.59. The number of hydrogen-bond acceptors (Lipinski definition) is 6. The Bertz CT molecular complexity index is 762. The van der Waals surface area contributed by atoms with Crippen LogP contribution in [0.15, 0.2) is 48.8 Å². The number of rotatable bonds is 7. The number of nitrogens with one attached hydrogen (secondary N) is 1. The van der Waals surface area contributed by atoms with Gasteiger partial charge >= 0.3 is 13.2 Å². The molecule has 7 nitrogen and oxygen atoms in total. The van der Waals surface area contributed by atoms with Crippen LogP contribution >= 0.6 is 0 Å². The van der Waals surface area contributed by atoms with Crippen LogP contribution in [0.5, 0.6) is 0 Å². The molecule has 3 N–H and O–H groups in total. The van der Waals surface area contributed by atoms with E-state index in [1.165, 1.54) is 18.5 Å². The van der Waals surface area contributed by atoms with E-state index < -0.39 is 24.4 Å². The molecule has 1 amide bonds. The number of aliphatic hydroxyl groups is 1. The minimum Gasteiger partial charge on any atom is -0.444 e. The fraction of sp³-hybridized carbons (Fsp3) is 0.368. The fourth-order valence-corrected chi connectivity index (χ4v) is 2.03. The molecule has 0 bridgehead atoms. The van der Waals surface area contributed by atoms with Crippen molar-refractivity contribution < 1.29 is 24.3 Å². The van der Waals surface area contributed by atoms with Gasteiger partial charge in [0.2, 0.25) is 0 Å². The second kappa shape index (κ2) is 8.52. The summed E-state index contributed by atoms with van der Waals surface area (Å²) in [6.45, 7) is 6.68. The van der Waals surface area contributed by atoms with E-state index in [9.17, 15) is 14.9 Å². The number of pyridine rings is 1. The van der Waals surface area contributed by atoms with Crippen molar-refractivity contribution in [2.24, 2.45) is 0 Å². The number of benzene rings is 1. The van der Waals surface area contributed by atoms with Crippen molar-refractivity contribution in [2.45, 2.75) is 45.5 Å². The number of aromatic nitrogens is 1. The van der Waals surface area contributed by atoms with Crippen LogP contribution in [0.1, 0.15) is 33.3 Å². The van der Waals surface area contributed by atoms with E-state index in [0.29, 0.717) is 11.2 Å². The summed E-state index contributed by atoms with van der Waals surface area (Å²) in [5.41, 5.74) is -0.608. The molecule has 0 spiro atoms. The molecular formula is C19H25BN2O5. The molecular weight excluding hydrogens is 347 g/mol. The van der Waals surface area contributed by atoms with Crippen LogP contribution in [0.3, 0.4) is 0 Å². The van der Waals surface area contributed by atoms with Gasteiger partial charge in [0.25, 0.3) is 0 Å². The van der Waals surface area contributed by atoms with Gasteiger partial charge in [-0.15, -0.1) is 0 Å². The number of carbonyl (C=O) groups is 1. The van der Waals surface area contributed by atoms with Crippen LogP contribution < -0.4 is 10.8 Å². The van der Waals surface area contributed by atoms with Crippen molar-refractivity contribution in [2.75, 3.05) is 5.32 Å². The Kier molecular flexibility index (Phi) is 6.59. The normalized spacial score (nSPS) is 11.8. The summed E-state index contributed by atoms with van der Waals surface area (Å²) in [4.78, 5) is 15.9. The van der Waals surface area contributed by atoms with Crippen LogP contribution in [0.2, 0.25) is 0 Å². The zero-order chi connectivity index (χ0) is 20.1. The molecule has 0 aliphatic heterocycles. The van der Waals surface area contributed by atoms with Crippen molar-refractivity contribution in [3.8, 4) is 0 Å². The van der Waals surface area contributed by atoms with Crippen LogP contribution in [-0.4, -0.2) is 39.5 Å². The summed E-state index contributed by atoms with van der Waals surface area (Å²) < 4.78 is 10.7. The molecule has 1 aromatic heterocycles. The number of ether oxygens (including phenoxy) is 1. The first kappa shape index (κ1) is 20.9. The van der Waals surface area contributed by atoms with Gasteiger partial charge in [-0.25, -0.2) is 4.79 Å². The van der Waals surface area contributed by atoms with E-state index in [2.05, 4.69) is 10.3 Å². The van der Waals surface area contributed by atoms with Gasteiger partial charge in [0.15, 0.2) is 0 Å². The minimum absolute atomic E-state index is 0.144. The molecule has 0 saturated heterocycles. The molecule has 1 aromatic carbocycles. The molecule has 0 unspecified atom stereocenters. The predicted octanol–water partition coefficient (Wildman–Crippen LogP) is 2.08. The third-order valence-electron chi connectivity index (χ3n) is 4.38. The lowest BCUT2D eigenvalue weighted by Crippen LogP contribution is -2.53. The van der Waals surface area contributed by atoms with E-state index in [1.807, 2.05) is 30.3 Å². The molecule has 0 atom stereocenters. The average Bonchev–Trinajstić information content (AvgIpc) is 2.60. The molecule has 2 aromatic rings. The molecule has 2 rings (SSSR count). The standard InChI is InChI=1S/C19H25BN2O5/c1-18(2,24)19(3,4)27-20(25)15-10-16(12-21-11-15)22-17(23)26-13-14-8-6-5-7-9-14/h5-12,24-25H,13H2,1-4H3,(H,22,23). The SMILES string of the molecule is CC(C)(O)C(C)(C)OB(O)c1cncc(NC(=O)OCc2ccccc2)c1. The Balaban J connectivity index is 1.97. The van der Waals surface area contributed by atoms with Crippen LogP contribution in [0.4, 0.5) is 10.5 Å². The number of nitrogens with zero attached hydrogens (tertiary/aromatic N) is 1. The first-order valence-corrected chi connectivity index (χ1v) is 8.59. The van der Waals surface area contributed by atoms with Crippen LogP contribution in [0.25, 0.3) is 0 Å². The highest BCUT2D eigenvalue weighted by Crippen LogP contribution is 2.25. The molecule has 27 heavy (non-hydrogen) atoms. The summed E-state index contributed by atoms with van der Waals surface area (Å²) in [5.74, 6) is 0. The molecule has 0 saturated carbocycles. The summed E-state index contributed by atoms with van der Waals surface area (Å²) in [5, 5.41) is 23.0. The van der Waals surface area contributed by atoms with Gasteiger partial charge in [0, 0.05) is 11.7 Å². The lowest BCUT2D eigenvalue weighted by atomic mass is 9.77. The first-order chi connectivity index (χ1) is 12.6. The second-order valence-electron chi connectivity index (χ2n) is 7.23. The van der Waals surface area contributed by atoms with Gasteiger partial charge < -0.3 is 19.5 Å². The van der Waals surface area contributed by atoms with Gasteiger partial charge in [-0.3, -0.25) is 10.3 Å². The smallest absolute Gasteiger partial charge is 0.444 e. The minimum atomic E-state index is -1.32. The Hall–Kier alpha value is -2.42. The van der Waals surface area contributed by atoms with Crippen LogP contribution in [0, 0.1) is 0 Å². The number of amides is 1. The third kappa shape index (κ3) is 6.06. The van der Waals surface area contributed by atoms with Crippen molar-refractivity contribution in [3.63, 3.8) is 0 Å². The number of hydrogen-bond donors (Lipinski definition) is 3. The Morgan fingerprint density at radius 3 is 2.48 bits per heavy atom. The molecule has 0 radical (unpaired) electrons. The van der Waals surface area contributed by atoms with Gasteiger partial charge in [-0.2, -0.15) is 0 Å². The maximum atomic E-state index is 11.9. The number of carbonyl (C=O) groups excluding carboxylic acids is 1. The molecule has 0 aliphatic rings. The van der Waals surface area contributed by atoms with E-state index in [0.717, 1.165) is 5.56 Å². The molecule has 1 heterocycles. The molecule has 144 valence electrons. The Labute approximate surface area is 159 Å². The average molecular weight is 372 g/mol. The topological polar surface area (TPSA) is 101 Å². The molecule has 0 aliphatic carbocycles. The van der Waals surface area contributed by atoms with E-state index in [4.69, 9.17) is 9.39 Å². The van der Waals surface area contributed by atoms with E-state index >= 15 is 0 Å². The summed E-state index contributed by atoms with van der Waals surface area (Å²) in [6, 6.07) is 10.8. The lowest BCUT2D eigenvalue weighted by molar-refractivity contribution is -0.0982. The zero-order valence-electron chi connectivity index (χ0n) is 16.0. The van der Waals surface area contributed by atoms with Gasteiger partial charge in [0.1, 0.15) is 6.61 Å². The molecule has 0 fully saturated rings. The van der Waals surface area contributed by atoms with Crippen molar-refractivity contribution in [1.82, 2.24) is 4.98 Å². The zero-order valence-corrected chi connectivity index (χ0v) is 16.0. The highest BCUT2D eigenvalue weighted by atomic mass is 16.6.